The van der Waals surface area contributed by atoms with Gasteiger partial charge < -0.3 is 0 Å². The third-order valence-electron chi connectivity index (χ3n) is 1.89. The van der Waals surface area contributed by atoms with E-state index in [-0.39, 0.29) is 0 Å². The summed E-state index contributed by atoms with van der Waals surface area (Å²) in [6.07, 6.45) is 1.89. The number of aromatic nitrogens is 2. The van der Waals surface area contributed by atoms with Crippen molar-refractivity contribution >= 4 is 21.7 Å². The Kier molecular flexibility index (Phi) is 2.04. The van der Waals surface area contributed by atoms with E-state index in [1.807, 2.05) is 13.1 Å². The molecule has 2 nitrogen and oxygen atoms in total. The quantitative estimate of drug-likeness (QED) is 0.693. The summed E-state index contributed by atoms with van der Waals surface area (Å²) in [7, 11) is 0. The van der Waals surface area contributed by atoms with Gasteiger partial charge in [-0.25, -0.2) is 9.97 Å². The maximum atomic E-state index is 4.53. The Morgan fingerprint density at radius 2 is 2.15 bits per heavy atom. The van der Waals surface area contributed by atoms with Crippen LogP contribution in [0.5, 0.6) is 0 Å². The number of nitrogens with zero attached hydrogens (tertiary/aromatic N) is 2. The Labute approximate surface area is 81.7 Å². The molecule has 13 heavy (non-hydrogen) atoms. The number of fused-ring (bicyclic) bond motifs is 1. The average Bonchev–Trinajstić information content (AvgIpc) is 2.46. The predicted molar refractivity (Wildman–Crippen MR) is 56.2 cm³/mol. The van der Waals surface area contributed by atoms with Crippen molar-refractivity contribution in [3.05, 3.63) is 22.8 Å². The maximum absolute atomic E-state index is 4.53. The smallest absolute Gasteiger partial charge is 0.143 e. The van der Waals surface area contributed by atoms with Crippen LogP contribution in [0.15, 0.2) is 12.3 Å². The van der Waals surface area contributed by atoms with Gasteiger partial charge in [0.05, 0.1) is 5.01 Å². The Morgan fingerprint density at radius 1 is 1.38 bits per heavy atom. The number of thiazole rings is 1. The molecule has 0 radical (unpaired) electrons. The van der Waals surface area contributed by atoms with Gasteiger partial charge in [0.2, 0.25) is 0 Å². The van der Waals surface area contributed by atoms with Crippen molar-refractivity contribution in [2.75, 3.05) is 0 Å². The van der Waals surface area contributed by atoms with Crippen molar-refractivity contribution < 1.29 is 0 Å². The molecule has 0 aromatic carbocycles. The highest BCUT2D eigenvalue weighted by Gasteiger charge is 2.07. The van der Waals surface area contributed by atoms with Crippen LogP contribution in [0.3, 0.4) is 0 Å². The zero-order valence-electron chi connectivity index (χ0n) is 8.03. The Balaban J connectivity index is 2.62. The van der Waals surface area contributed by atoms with E-state index in [9.17, 15) is 0 Å². The van der Waals surface area contributed by atoms with Crippen LogP contribution in [0.2, 0.25) is 0 Å². The standard InChI is InChI=1S/C10H12N2S/c1-6(2)9-12-8-4-7(3)5-11-10(8)13-9/h4-6H,1-3H3. The van der Waals surface area contributed by atoms with Gasteiger partial charge in [-0.3, -0.25) is 0 Å². The maximum Gasteiger partial charge on any atom is 0.143 e. The molecule has 68 valence electrons. The number of aryl methyl sites for hydroxylation is 1. The van der Waals surface area contributed by atoms with Gasteiger partial charge in [-0.1, -0.05) is 25.2 Å². The molecule has 2 rings (SSSR count). The van der Waals surface area contributed by atoms with Gasteiger partial charge in [0.15, 0.2) is 0 Å². The van der Waals surface area contributed by atoms with E-state index >= 15 is 0 Å². The summed E-state index contributed by atoms with van der Waals surface area (Å²) < 4.78 is 0. The molecule has 0 aliphatic rings. The Morgan fingerprint density at radius 3 is 2.85 bits per heavy atom. The first-order valence-corrected chi connectivity index (χ1v) is 5.21. The van der Waals surface area contributed by atoms with Crippen LogP contribution in [0.1, 0.15) is 30.3 Å². The van der Waals surface area contributed by atoms with Crippen LogP contribution >= 0.6 is 11.3 Å². The van der Waals surface area contributed by atoms with Crippen molar-refractivity contribution in [3.8, 4) is 0 Å². The second-order valence-electron chi connectivity index (χ2n) is 3.54. The highest BCUT2D eigenvalue weighted by molar-refractivity contribution is 7.18. The lowest BCUT2D eigenvalue weighted by molar-refractivity contribution is 0.857. The van der Waals surface area contributed by atoms with Crippen LogP contribution in [0.25, 0.3) is 10.3 Å². The monoisotopic (exact) mass is 192 g/mol. The summed E-state index contributed by atoms with van der Waals surface area (Å²) in [4.78, 5) is 9.92. The normalized spacial score (nSPS) is 11.4. The molecule has 0 aliphatic carbocycles. The summed E-state index contributed by atoms with van der Waals surface area (Å²) in [5.41, 5.74) is 2.21. The number of hydrogen-bond donors (Lipinski definition) is 0. The molecule has 0 saturated carbocycles. The minimum absolute atomic E-state index is 0.500. The van der Waals surface area contributed by atoms with E-state index < -0.39 is 0 Å². The van der Waals surface area contributed by atoms with E-state index in [1.165, 1.54) is 10.6 Å². The first kappa shape index (κ1) is 8.63. The van der Waals surface area contributed by atoms with Gasteiger partial charge in [0.25, 0.3) is 0 Å². The topological polar surface area (TPSA) is 25.8 Å². The van der Waals surface area contributed by atoms with Gasteiger partial charge >= 0.3 is 0 Å². The second-order valence-corrected chi connectivity index (χ2v) is 4.55. The van der Waals surface area contributed by atoms with Crippen LogP contribution in [-0.2, 0) is 0 Å². The van der Waals surface area contributed by atoms with Gasteiger partial charge in [-0.2, -0.15) is 0 Å². The highest BCUT2D eigenvalue weighted by Crippen LogP contribution is 2.25. The number of rotatable bonds is 1. The Hall–Kier alpha value is -0.960. The van der Waals surface area contributed by atoms with Crippen LogP contribution in [0.4, 0.5) is 0 Å². The van der Waals surface area contributed by atoms with E-state index in [1.54, 1.807) is 11.3 Å². The highest BCUT2D eigenvalue weighted by atomic mass is 32.1. The minimum Gasteiger partial charge on any atom is -0.243 e. The Bertz CT molecular complexity index is 431. The molecule has 0 unspecified atom stereocenters. The third-order valence-corrected chi connectivity index (χ3v) is 3.17. The fraction of sp³-hybridized carbons (Fsp3) is 0.400. The molecular formula is C10H12N2S. The summed E-state index contributed by atoms with van der Waals surface area (Å²) in [6, 6.07) is 2.09. The molecule has 0 bridgehead atoms. The molecule has 3 heteroatoms. The zero-order chi connectivity index (χ0) is 9.42. The molecule has 2 aromatic rings. The molecule has 2 aromatic heterocycles. The molecule has 0 saturated heterocycles. The second kappa shape index (κ2) is 3.07. The lowest BCUT2D eigenvalue weighted by Crippen LogP contribution is -1.83. The molecule has 0 amide bonds. The van der Waals surface area contributed by atoms with Crippen molar-refractivity contribution in [2.45, 2.75) is 26.7 Å². The van der Waals surface area contributed by atoms with Crippen molar-refractivity contribution in [1.82, 2.24) is 9.97 Å². The molecule has 2 heterocycles. The first-order valence-electron chi connectivity index (χ1n) is 4.40. The van der Waals surface area contributed by atoms with Gasteiger partial charge in [0, 0.05) is 12.1 Å². The van der Waals surface area contributed by atoms with Crippen LogP contribution in [0, 0.1) is 6.92 Å². The average molecular weight is 192 g/mol. The molecule has 0 N–H and O–H groups in total. The SMILES string of the molecule is Cc1cnc2sc(C(C)C)nc2c1. The molecule has 0 atom stereocenters. The van der Waals surface area contributed by atoms with Gasteiger partial charge in [0.1, 0.15) is 10.3 Å². The largest absolute Gasteiger partial charge is 0.243 e. The van der Waals surface area contributed by atoms with E-state index in [0.29, 0.717) is 5.92 Å². The lowest BCUT2D eigenvalue weighted by Gasteiger charge is -1.94. The van der Waals surface area contributed by atoms with Crippen molar-refractivity contribution in [1.29, 1.82) is 0 Å². The van der Waals surface area contributed by atoms with Crippen LogP contribution < -0.4 is 0 Å². The first-order chi connectivity index (χ1) is 6.16. The summed E-state index contributed by atoms with van der Waals surface area (Å²) in [5.74, 6) is 0.500. The van der Waals surface area contributed by atoms with Crippen molar-refractivity contribution in [2.24, 2.45) is 0 Å². The van der Waals surface area contributed by atoms with E-state index in [4.69, 9.17) is 0 Å². The summed E-state index contributed by atoms with van der Waals surface area (Å²) in [6.45, 7) is 6.36. The molecule has 0 fully saturated rings. The fourth-order valence-electron chi connectivity index (χ4n) is 1.19. The number of pyridine rings is 1. The zero-order valence-corrected chi connectivity index (χ0v) is 8.85. The van der Waals surface area contributed by atoms with E-state index in [0.717, 1.165) is 10.3 Å². The fourth-order valence-corrected chi connectivity index (χ4v) is 2.08. The number of hydrogen-bond acceptors (Lipinski definition) is 3. The predicted octanol–water partition coefficient (Wildman–Crippen LogP) is 3.12. The third kappa shape index (κ3) is 1.56. The molecule has 0 aliphatic heterocycles. The minimum atomic E-state index is 0.500. The van der Waals surface area contributed by atoms with Gasteiger partial charge in [-0.15, -0.1) is 0 Å². The lowest BCUT2D eigenvalue weighted by atomic mass is 10.2. The molecule has 0 spiro atoms. The van der Waals surface area contributed by atoms with Gasteiger partial charge in [-0.05, 0) is 18.6 Å². The van der Waals surface area contributed by atoms with Crippen molar-refractivity contribution in [3.63, 3.8) is 0 Å². The summed E-state index contributed by atoms with van der Waals surface area (Å²) in [5, 5.41) is 1.17. The van der Waals surface area contributed by atoms with E-state index in [2.05, 4.69) is 29.9 Å². The molecular weight excluding hydrogens is 180 g/mol. The van der Waals surface area contributed by atoms with Crippen LogP contribution in [-0.4, -0.2) is 9.97 Å². The summed E-state index contributed by atoms with van der Waals surface area (Å²) >= 11 is 1.69.